The van der Waals surface area contributed by atoms with Crippen molar-refractivity contribution >= 4 is 18.1 Å². The number of piperidine rings is 1. The van der Waals surface area contributed by atoms with Crippen LogP contribution in [0.3, 0.4) is 0 Å². The minimum absolute atomic E-state index is 0.0139. The molecule has 8 heteroatoms. The van der Waals surface area contributed by atoms with E-state index in [2.05, 4.69) is 27.3 Å². The number of hydrogen-bond acceptors (Lipinski definition) is 4. The van der Waals surface area contributed by atoms with E-state index in [1.165, 1.54) is 12.8 Å². The molecular formula is C16H22N6OS. The lowest BCUT2D eigenvalue weighted by atomic mass is 9.97. The first kappa shape index (κ1) is 15.6. The molecule has 2 N–H and O–H groups in total. The molecule has 0 radical (unpaired) electrons. The van der Waals surface area contributed by atoms with Crippen molar-refractivity contribution in [3.8, 4) is 0 Å². The lowest BCUT2D eigenvalue weighted by Crippen LogP contribution is -2.40. The molecule has 2 aliphatic rings. The molecule has 0 spiro atoms. The summed E-state index contributed by atoms with van der Waals surface area (Å²) in [5.41, 5.74) is 1.63. The van der Waals surface area contributed by atoms with Crippen molar-refractivity contribution in [2.75, 3.05) is 13.1 Å². The molecule has 4 rings (SSSR count). The summed E-state index contributed by atoms with van der Waals surface area (Å²) in [6.45, 7) is 4.30. The van der Waals surface area contributed by atoms with Gasteiger partial charge >= 0.3 is 0 Å². The molecular weight excluding hydrogens is 324 g/mol. The second-order valence-electron chi connectivity index (χ2n) is 6.70. The fourth-order valence-corrected chi connectivity index (χ4v) is 3.80. The van der Waals surface area contributed by atoms with Crippen molar-refractivity contribution < 1.29 is 4.79 Å². The summed E-state index contributed by atoms with van der Waals surface area (Å²) in [7, 11) is 0. The molecule has 3 heterocycles. The molecule has 1 unspecified atom stereocenters. The molecule has 1 saturated heterocycles. The van der Waals surface area contributed by atoms with Crippen molar-refractivity contribution in [2.24, 2.45) is 0 Å². The fraction of sp³-hybridized carbons (Fsp3) is 0.625. The molecule has 1 aliphatic heterocycles. The number of likely N-dealkylation sites (tertiary alicyclic amines) is 1. The summed E-state index contributed by atoms with van der Waals surface area (Å²) in [6, 6.07) is 1.92. The zero-order valence-corrected chi connectivity index (χ0v) is 14.6. The maximum atomic E-state index is 12.8. The SMILES string of the molecule is CCn1c(C2CCCN(C(=O)c3cc(C4CC4)[nH]n3)C2)n[nH]c1=S. The van der Waals surface area contributed by atoms with Gasteiger partial charge in [-0.3, -0.25) is 15.0 Å². The zero-order valence-electron chi connectivity index (χ0n) is 13.8. The smallest absolute Gasteiger partial charge is 0.274 e. The highest BCUT2D eigenvalue weighted by Gasteiger charge is 2.31. The molecule has 24 heavy (non-hydrogen) atoms. The first-order valence-electron chi connectivity index (χ1n) is 8.67. The summed E-state index contributed by atoms with van der Waals surface area (Å²) in [5, 5.41) is 14.5. The Balaban J connectivity index is 1.51. The van der Waals surface area contributed by atoms with Crippen LogP contribution in [0.15, 0.2) is 6.07 Å². The number of aromatic amines is 2. The third kappa shape index (κ3) is 2.79. The van der Waals surface area contributed by atoms with E-state index in [1.807, 2.05) is 15.5 Å². The summed E-state index contributed by atoms with van der Waals surface area (Å²) < 4.78 is 2.67. The third-order valence-electron chi connectivity index (χ3n) is 5.01. The van der Waals surface area contributed by atoms with Gasteiger partial charge in [-0.2, -0.15) is 10.2 Å². The molecule has 0 aromatic carbocycles. The molecule has 7 nitrogen and oxygen atoms in total. The quantitative estimate of drug-likeness (QED) is 0.834. The van der Waals surface area contributed by atoms with E-state index in [4.69, 9.17) is 12.2 Å². The number of rotatable bonds is 4. The Morgan fingerprint density at radius 3 is 2.88 bits per heavy atom. The number of hydrogen-bond donors (Lipinski definition) is 2. The van der Waals surface area contributed by atoms with E-state index in [0.29, 0.717) is 22.9 Å². The van der Waals surface area contributed by atoms with E-state index in [1.54, 1.807) is 0 Å². The van der Waals surface area contributed by atoms with Crippen LogP contribution in [0.2, 0.25) is 0 Å². The Morgan fingerprint density at radius 2 is 2.12 bits per heavy atom. The average Bonchev–Trinajstić information content (AvgIpc) is 3.22. The first-order valence-corrected chi connectivity index (χ1v) is 9.08. The number of H-pyrrole nitrogens is 2. The highest BCUT2D eigenvalue weighted by Crippen LogP contribution is 2.39. The van der Waals surface area contributed by atoms with Crippen LogP contribution >= 0.6 is 12.2 Å². The van der Waals surface area contributed by atoms with E-state index >= 15 is 0 Å². The second-order valence-corrected chi connectivity index (χ2v) is 7.09. The van der Waals surface area contributed by atoms with Crippen LogP contribution in [0, 0.1) is 4.77 Å². The van der Waals surface area contributed by atoms with Gasteiger partial charge in [0.05, 0.1) is 0 Å². The number of nitrogens with one attached hydrogen (secondary N) is 2. The molecule has 2 aromatic rings. The van der Waals surface area contributed by atoms with Crippen LogP contribution in [0.1, 0.15) is 66.4 Å². The van der Waals surface area contributed by atoms with Crippen LogP contribution in [0.4, 0.5) is 0 Å². The summed E-state index contributed by atoms with van der Waals surface area (Å²) in [6.07, 6.45) is 4.39. The maximum Gasteiger partial charge on any atom is 0.274 e. The lowest BCUT2D eigenvalue weighted by molar-refractivity contribution is 0.0697. The number of carbonyl (C=O) groups excluding carboxylic acids is 1. The largest absolute Gasteiger partial charge is 0.337 e. The first-order chi connectivity index (χ1) is 11.7. The van der Waals surface area contributed by atoms with E-state index < -0.39 is 0 Å². The van der Waals surface area contributed by atoms with E-state index in [-0.39, 0.29) is 11.8 Å². The van der Waals surface area contributed by atoms with Gasteiger partial charge in [0, 0.05) is 37.2 Å². The molecule has 1 aliphatic carbocycles. The number of nitrogens with zero attached hydrogens (tertiary/aromatic N) is 4. The van der Waals surface area contributed by atoms with Gasteiger partial charge in [0.1, 0.15) is 11.5 Å². The Hall–Kier alpha value is -1.96. The molecule has 128 valence electrons. The monoisotopic (exact) mass is 346 g/mol. The molecule has 2 aromatic heterocycles. The second kappa shape index (κ2) is 6.16. The average molecular weight is 346 g/mol. The van der Waals surface area contributed by atoms with Crippen molar-refractivity contribution in [1.82, 2.24) is 29.9 Å². The topological polar surface area (TPSA) is 82.6 Å². The van der Waals surface area contributed by atoms with Gasteiger partial charge in [-0.15, -0.1) is 0 Å². The lowest BCUT2D eigenvalue weighted by Gasteiger charge is -2.31. The van der Waals surface area contributed by atoms with Crippen LogP contribution < -0.4 is 0 Å². The highest BCUT2D eigenvalue weighted by atomic mass is 32.1. The minimum Gasteiger partial charge on any atom is -0.337 e. The van der Waals surface area contributed by atoms with Gasteiger partial charge in [-0.25, -0.2) is 0 Å². The van der Waals surface area contributed by atoms with Crippen LogP contribution in [0.5, 0.6) is 0 Å². The standard InChI is InChI=1S/C16H22N6OS/c1-2-22-14(19-20-16(22)24)11-4-3-7-21(9-11)15(23)13-8-12(17-18-13)10-5-6-10/h8,10-11H,2-7,9H2,1H3,(H,17,18)(H,20,24). The van der Waals surface area contributed by atoms with Crippen molar-refractivity contribution in [1.29, 1.82) is 0 Å². The molecule has 1 amide bonds. The van der Waals surface area contributed by atoms with Crippen molar-refractivity contribution in [2.45, 2.75) is 51.0 Å². The Morgan fingerprint density at radius 1 is 1.29 bits per heavy atom. The fourth-order valence-electron chi connectivity index (χ4n) is 3.53. The van der Waals surface area contributed by atoms with Gasteiger partial charge in [-0.05, 0) is 50.9 Å². The summed E-state index contributed by atoms with van der Waals surface area (Å²) in [5.74, 6) is 1.77. The zero-order chi connectivity index (χ0) is 16.7. The number of carbonyl (C=O) groups is 1. The van der Waals surface area contributed by atoms with Gasteiger partial charge in [0.25, 0.3) is 5.91 Å². The third-order valence-corrected chi connectivity index (χ3v) is 5.32. The van der Waals surface area contributed by atoms with Crippen LogP contribution in [-0.2, 0) is 6.54 Å². The Bertz CT molecular complexity index is 802. The Kier molecular flexibility index (Phi) is 3.99. The van der Waals surface area contributed by atoms with Gasteiger partial charge in [0.2, 0.25) is 0 Å². The van der Waals surface area contributed by atoms with E-state index in [0.717, 1.165) is 37.4 Å². The van der Waals surface area contributed by atoms with Gasteiger partial charge < -0.3 is 9.47 Å². The highest BCUT2D eigenvalue weighted by molar-refractivity contribution is 7.71. The van der Waals surface area contributed by atoms with Gasteiger partial charge in [-0.1, -0.05) is 0 Å². The number of amides is 1. The summed E-state index contributed by atoms with van der Waals surface area (Å²) >= 11 is 5.28. The predicted molar refractivity (Wildman–Crippen MR) is 91.5 cm³/mol. The van der Waals surface area contributed by atoms with Crippen LogP contribution in [0.25, 0.3) is 0 Å². The molecule has 1 atom stereocenters. The summed E-state index contributed by atoms with van der Waals surface area (Å²) in [4.78, 5) is 14.7. The maximum absolute atomic E-state index is 12.8. The Labute approximate surface area is 145 Å². The predicted octanol–water partition coefficient (Wildman–Crippen LogP) is 2.58. The number of aromatic nitrogens is 5. The molecule has 1 saturated carbocycles. The van der Waals surface area contributed by atoms with Crippen molar-refractivity contribution in [3.05, 3.63) is 28.0 Å². The van der Waals surface area contributed by atoms with E-state index in [9.17, 15) is 4.79 Å². The van der Waals surface area contributed by atoms with Crippen LogP contribution in [-0.4, -0.2) is 48.9 Å². The van der Waals surface area contributed by atoms with Gasteiger partial charge in [0.15, 0.2) is 4.77 Å². The van der Waals surface area contributed by atoms with Crippen molar-refractivity contribution in [3.63, 3.8) is 0 Å². The molecule has 0 bridgehead atoms. The normalized spacial score (nSPS) is 21.2. The minimum atomic E-state index is 0.0139. The molecule has 2 fully saturated rings.